The van der Waals surface area contributed by atoms with E-state index in [-0.39, 0.29) is 5.37 Å². The molecule has 0 saturated carbocycles. The van der Waals surface area contributed by atoms with Crippen LogP contribution >= 0.6 is 11.8 Å². The third-order valence-electron chi connectivity index (χ3n) is 3.87. The first-order valence-electron chi connectivity index (χ1n) is 7.66. The van der Waals surface area contributed by atoms with Crippen LogP contribution in [0.15, 0.2) is 76.6 Å². The first-order chi connectivity index (χ1) is 11.4. The molecular formula is C19H17N3S. The van der Waals surface area contributed by atoms with Crippen molar-refractivity contribution in [3.63, 3.8) is 0 Å². The van der Waals surface area contributed by atoms with Gasteiger partial charge in [0.2, 0.25) is 0 Å². The molecule has 0 aliphatic carbocycles. The Morgan fingerprint density at radius 3 is 2.83 bits per heavy atom. The molecular weight excluding hydrogens is 302 g/mol. The van der Waals surface area contributed by atoms with Gasteiger partial charge in [0, 0.05) is 28.2 Å². The van der Waals surface area contributed by atoms with E-state index in [0.29, 0.717) is 0 Å². The van der Waals surface area contributed by atoms with Gasteiger partial charge in [-0.2, -0.15) is 0 Å². The van der Waals surface area contributed by atoms with E-state index >= 15 is 0 Å². The van der Waals surface area contributed by atoms with Crippen LogP contribution in [0.25, 0.3) is 10.8 Å². The molecule has 1 aliphatic heterocycles. The Balaban J connectivity index is 1.48. The second kappa shape index (κ2) is 6.34. The van der Waals surface area contributed by atoms with Crippen molar-refractivity contribution in [3.05, 3.63) is 66.7 Å². The minimum Gasteiger partial charge on any atom is -0.381 e. The molecule has 1 atom stereocenters. The first kappa shape index (κ1) is 14.2. The molecule has 0 fully saturated rings. The summed E-state index contributed by atoms with van der Waals surface area (Å²) in [6.45, 7) is 0.843. The number of nitrogens with one attached hydrogen (secondary N) is 2. The first-order valence-corrected chi connectivity index (χ1v) is 8.54. The summed E-state index contributed by atoms with van der Waals surface area (Å²) in [4.78, 5) is 5.90. The molecule has 0 radical (unpaired) electrons. The van der Waals surface area contributed by atoms with Crippen molar-refractivity contribution in [1.82, 2.24) is 0 Å². The number of thioether (sulfide) groups is 1. The predicted octanol–water partition coefficient (Wildman–Crippen LogP) is 4.82. The average Bonchev–Trinajstić information content (AvgIpc) is 2.62. The van der Waals surface area contributed by atoms with Gasteiger partial charge in [-0.05, 0) is 23.6 Å². The number of anilines is 2. The fourth-order valence-corrected chi connectivity index (χ4v) is 3.73. The summed E-state index contributed by atoms with van der Waals surface area (Å²) in [7, 11) is 0. The van der Waals surface area contributed by atoms with Gasteiger partial charge in [0.25, 0.3) is 0 Å². The van der Waals surface area contributed by atoms with Crippen LogP contribution in [0.4, 0.5) is 11.4 Å². The monoisotopic (exact) mass is 319 g/mol. The highest BCUT2D eigenvalue weighted by Gasteiger charge is 2.16. The Labute approximate surface area is 139 Å². The molecule has 1 heterocycles. The second-order valence-electron chi connectivity index (χ2n) is 5.40. The Morgan fingerprint density at radius 1 is 1.00 bits per heavy atom. The van der Waals surface area contributed by atoms with E-state index in [1.165, 1.54) is 21.4 Å². The Kier molecular flexibility index (Phi) is 3.90. The normalized spacial score (nSPS) is 17.0. The van der Waals surface area contributed by atoms with Crippen molar-refractivity contribution in [3.8, 4) is 0 Å². The van der Waals surface area contributed by atoms with Crippen molar-refractivity contribution < 1.29 is 0 Å². The minimum atomic E-state index is 0.187. The maximum Gasteiger partial charge on any atom is 0.119 e. The van der Waals surface area contributed by atoms with Gasteiger partial charge in [-0.15, -0.1) is 0 Å². The largest absolute Gasteiger partial charge is 0.381 e. The van der Waals surface area contributed by atoms with Gasteiger partial charge in [0.1, 0.15) is 5.37 Å². The van der Waals surface area contributed by atoms with E-state index in [1.54, 1.807) is 11.8 Å². The highest BCUT2D eigenvalue weighted by atomic mass is 32.2. The zero-order valence-electron chi connectivity index (χ0n) is 12.6. The fraction of sp³-hybridized carbons (Fsp3) is 0.105. The minimum absolute atomic E-state index is 0.187. The van der Waals surface area contributed by atoms with Gasteiger partial charge >= 0.3 is 0 Å². The van der Waals surface area contributed by atoms with Crippen molar-refractivity contribution in [1.29, 1.82) is 0 Å². The number of aliphatic imine (C=N–C) groups is 1. The molecule has 1 aliphatic rings. The lowest BCUT2D eigenvalue weighted by Crippen LogP contribution is -2.20. The number of rotatable bonds is 3. The van der Waals surface area contributed by atoms with Crippen LogP contribution in [-0.2, 0) is 0 Å². The smallest absolute Gasteiger partial charge is 0.119 e. The molecule has 3 aromatic carbocycles. The molecule has 23 heavy (non-hydrogen) atoms. The number of hydrogen-bond donors (Lipinski definition) is 2. The lowest BCUT2D eigenvalue weighted by atomic mass is 10.1. The van der Waals surface area contributed by atoms with Crippen LogP contribution in [0.5, 0.6) is 0 Å². The fourth-order valence-electron chi connectivity index (χ4n) is 2.73. The Hall–Kier alpha value is -2.46. The lowest BCUT2D eigenvalue weighted by Gasteiger charge is -2.22. The summed E-state index contributed by atoms with van der Waals surface area (Å²) < 4.78 is 0. The van der Waals surface area contributed by atoms with Gasteiger partial charge in [-0.3, -0.25) is 4.99 Å². The maximum absolute atomic E-state index is 4.65. The third kappa shape index (κ3) is 3.03. The van der Waals surface area contributed by atoms with Gasteiger partial charge < -0.3 is 10.6 Å². The molecule has 4 heteroatoms. The number of nitrogens with zero attached hydrogens (tertiary/aromatic N) is 1. The summed E-state index contributed by atoms with van der Waals surface area (Å²) in [5.41, 5.74) is 2.28. The van der Waals surface area contributed by atoms with E-state index < -0.39 is 0 Å². The van der Waals surface area contributed by atoms with Crippen LogP contribution < -0.4 is 10.6 Å². The van der Waals surface area contributed by atoms with Crippen molar-refractivity contribution >= 4 is 40.2 Å². The molecule has 0 saturated heterocycles. The summed E-state index contributed by atoms with van der Waals surface area (Å²) in [5.74, 6) is 0. The zero-order chi connectivity index (χ0) is 15.5. The van der Waals surface area contributed by atoms with Gasteiger partial charge in [0.05, 0.1) is 6.34 Å². The van der Waals surface area contributed by atoms with E-state index in [0.717, 1.165) is 12.2 Å². The van der Waals surface area contributed by atoms with Crippen LogP contribution in [0.3, 0.4) is 0 Å². The highest BCUT2D eigenvalue weighted by Crippen LogP contribution is 2.34. The summed E-state index contributed by atoms with van der Waals surface area (Å²) in [6, 6.07) is 23.0. The Bertz CT molecular complexity index is 855. The number of para-hydroxylation sites is 1. The molecule has 0 amide bonds. The number of hydrogen-bond acceptors (Lipinski definition) is 3. The summed E-state index contributed by atoms with van der Waals surface area (Å²) >= 11 is 1.80. The highest BCUT2D eigenvalue weighted by molar-refractivity contribution is 8.00. The second-order valence-corrected chi connectivity index (χ2v) is 6.62. The molecule has 0 spiro atoms. The molecule has 114 valence electrons. The molecule has 0 aromatic heterocycles. The summed E-state index contributed by atoms with van der Waals surface area (Å²) in [5, 5.41) is 9.38. The lowest BCUT2D eigenvalue weighted by molar-refractivity contribution is 0.938. The molecule has 3 aromatic rings. The molecule has 4 rings (SSSR count). The van der Waals surface area contributed by atoms with Crippen LogP contribution in [0.2, 0.25) is 0 Å². The van der Waals surface area contributed by atoms with Crippen molar-refractivity contribution in [2.24, 2.45) is 4.99 Å². The van der Waals surface area contributed by atoms with Gasteiger partial charge in [-0.1, -0.05) is 60.3 Å². The maximum atomic E-state index is 4.65. The summed E-state index contributed by atoms with van der Waals surface area (Å²) in [6.07, 6.45) is 1.81. The number of fused-ring (bicyclic) bond motifs is 2. The van der Waals surface area contributed by atoms with Crippen molar-refractivity contribution in [2.45, 2.75) is 10.3 Å². The Morgan fingerprint density at radius 2 is 1.83 bits per heavy atom. The van der Waals surface area contributed by atoms with Crippen LogP contribution in [0, 0.1) is 0 Å². The van der Waals surface area contributed by atoms with E-state index in [2.05, 4.69) is 82.4 Å². The average molecular weight is 319 g/mol. The van der Waals surface area contributed by atoms with E-state index in [4.69, 9.17) is 0 Å². The van der Waals surface area contributed by atoms with Crippen LogP contribution in [-0.4, -0.2) is 18.3 Å². The molecule has 1 unspecified atom stereocenters. The van der Waals surface area contributed by atoms with Crippen LogP contribution in [0.1, 0.15) is 0 Å². The standard InChI is InChI=1S/C19H17N3S/c1-2-8-15-14(6-1)7-5-10-16(15)21-13-22-19-12-20-17-9-3-4-11-18(17)23-19/h1-11,13,19-20H,12H2,(H,21,22). The van der Waals surface area contributed by atoms with Crippen molar-refractivity contribution in [2.75, 3.05) is 17.2 Å². The molecule has 2 N–H and O–H groups in total. The van der Waals surface area contributed by atoms with Gasteiger partial charge in [0.15, 0.2) is 0 Å². The number of benzene rings is 3. The quantitative estimate of drug-likeness (QED) is 0.536. The topological polar surface area (TPSA) is 36.4 Å². The molecule has 0 bridgehead atoms. The predicted molar refractivity (Wildman–Crippen MR) is 101 cm³/mol. The van der Waals surface area contributed by atoms with Gasteiger partial charge in [-0.25, -0.2) is 0 Å². The third-order valence-corrected chi connectivity index (χ3v) is 5.04. The van der Waals surface area contributed by atoms with E-state index in [1.807, 2.05) is 6.34 Å². The SMILES string of the molecule is C(=NC1CNc2ccccc2S1)Nc1cccc2ccccc12. The zero-order valence-corrected chi connectivity index (χ0v) is 13.4. The molecule has 3 nitrogen and oxygen atoms in total. The van der Waals surface area contributed by atoms with E-state index in [9.17, 15) is 0 Å².